The minimum absolute atomic E-state index is 0.186. The highest BCUT2D eigenvalue weighted by Gasteiger charge is 2.53. The predicted octanol–water partition coefficient (Wildman–Crippen LogP) is 3.10. The molecule has 2 nitrogen and oxygen atoms in total. The first-order valence-electron chi connectivity index (χ1n) is 6.28. The molecule has 1 saturated carbocycles. The fraction of sp³-hybridized carbons (Fsp3) is 0.500. The molecule has 17 heavy (non-hydrogen) atoms. The van der Waals surface area contributed by atoms with Crippen molar-refractivity contribution < 1.29 is 4.79 Å². The van der Waals surface area contributed by atoms with E-state index in [2.05, 4.69) is 28.1 Å². The van der Waals surface area contributed by atoms with Gasteiger partial charge in [0.15, 0.2) is 0 Å². The fourth-order valence-electron chi connectivity index (χ4n) is 2.76. The lowest BCUT2D eigenvalue weighted by Gasteiger charge is -2.23. The van der Waals surface area contributed by atoms with Crippen molar-refractivity contribution in [3.05, 3.63) is 34.3 Å². The van der Waals surface area contributed by atoms with E-state index < -0.39 is 0 Å². The fourth-order valence-corrected chi connectivity index (χ4v) is 3.16. The average Bonchev–Trinajstić information content (AvgIpc) is 2.96. The maximum atomic E-state index is 12.6. The van der Waals surface area contributed by atoms with Gasteiger partial charge in [-0.3, -0.25) is 4.79 Å². The van der Waals surface area contributed by atoms with E-state index >= 15 is 0 Å². The molecule has 0 aromatic heterocycles. The van der Waals surface area contributed by atoms with Gasteiger partial charge in [0, 0.05) is 17.6 Å². The molecule has 0 spiro atoms. The molecule has 0 unspecified atom stereocenters. The van der Waals surface area contributed by atoms with Crippen LogP contribution in [0.15, 0.2) is 28.7 Å². The van der Waals surface area contributed by atoms with Gasteiger partial charge in [0.2, 0.25) is 5.91 Å². The summed E-state index contributed by atoms with van der Waals surface area (Å²) in [5.41, 5.74) is 0.998. The van der Waals surface area contributed by atoms with Crippen molar-refractivity contribution in [3.8, 4) is 0 Å². The van der Waals surface area contributed by atoms with E-state index in [0.29, 0.717) is 5.91 Å². The molecule has 1 aromatic carbocycles. The number of rotatable bonds is 2. The first-order chi connectivity index (χ1) is 8.22. The summed E-state index contributed by atoms with van der Waals surface area (Å²) in [6, 6.07) is 8.23. The first-order valence-corrected chi connectivity index (χ1v) is 7.07. The van der Waals surface area contributed by atoms with Crippen LogP contribution in [-0.2, 0) is 10.2 Å². The van der Waals surface area contributed by atoms with Gasteiger partial charge in [-0.15, -0.1) is 0 Å². The maximum absolute atomic E-state index is 12.6. The van der Waals surface area contributed by atoms with Gasteiger partial charge in [0.25, 0.3) is 0 Å². The molecule has 2 aliphatic rings. The van der Waals surface area contributed by atoms with Crippen LogP contribution >= 0.6 is 15.9 Å². The summed E-state index contributed by atoms with van der Waals surface area (Å²) >= 11 is 3.49. The lowest BCUT2D eigenvalue weighted by molar-refractivity contribution is -0.132. The SMILES string of the molecule is O=C(N1CCCC1)C1(c2cccc(Br)c2)CC1. The van der Waals surface area contributed by atoms with Crippen LogP contribution in [0.1, 0.15) is 31.2 Å². The zero-order chi connectivity index (χ0) is 11.9. The normalized spacial score (nSPS) is 21.6. The molecule has 2 fully saturated rings. The number of nitrogens with zero attached hydrogens (tertiary/aromatic N) is 1. The lowest BCUT2D eigenvalue weighted by atomic mass is 9.94. The maximum Gasteiger partial charge on any atom is 0.233 e. The lowest BCUT2D eigenvalue weighted by Crippen LogP contribution is -2.37. The Morgan fingerprint density at radius 3 is 2.53 bits per heavy atom. The molecule has 0 N–H and O–H groups in total. The highest BCUT2D eigenvalue weighted by molar-refractivity contribution is 9.10. The van der Waals surface area contributed by atoms with Crippen molar-refractivity contribution in [2.45, 2.75) is 31.1 Å². The van der Waals surface area contributed by atoms with E-state index in [4.69, 9.17) is 0 Å². The molecule has 0 radical (unpaired) electrons. The molecule has 1 aliphatic heterocycles. The smallest absolute Gasteiger partial charge is 0.233 e. The Morgan fingerprint density at radius 2 is 1.94 bits per heavy atom. The molecule has 1 amide bonds. The van der Waals surface area contributed by atoms with Crippen LogP contribution < -0.4 is 0 Å². The summed E-state index contributed by atoms with van der Waals surface area (Å²) in [4.78, 5) is 14.6. The zero-order valence-corrected chi connectivity index (χ0v) is 11.4. The Kier molecular flexibility index (Phi) is 2.74. The summed E-state index contributed by atoms with van der Waals surface area (Å²) in [6.45, 7) is 1.91. The Labute approximate surface area is 110 Å². The van der Waals surface area contributed by atoms with Gasteiger partial charge < -0.3 is 4.90 Å². The molecule has 3 heteroatoms. The van der Waals surface area contributed by atoms with Crippen LogP contribution in [0.5, 0.6) is 0 Å². The minimum atomic E-state index is -0.186. The van der Waals surface area contributed by atoms with E-state index in [0.717, 1.165) is 30.4 Å². The molecule has 3 rings (SSSR count). The van der Waals surface area contributed by atoms with Crippen molar-refractivity contribution in [1.29, 1.82) is 0 Å². The third kappa shape index (κ3) is 1.90. The average molecular weight is 294 g/mol. The van der Waals surface area contributed by atoms with Crippen LogP contribution in [0.4, 0.5) is 0 Å². The molecular weight excluding hydrogens is 278 g/mol. The van der Waals surface area contributed by atoms with Crippen LogP contribution in [0.3, 0.4) is 0 Å². The first kappa shape index (κ1) is 11.3. The number of halogens is 1. The van der Waals surface area contributed by atoms with E-state index in [1.165, 1.54) is 18.4 Å². The molecule has 1 saturated heterocycles. The van der Waals surface area contributed by atoms with E-state index in [1.54, 1.807) is 0 Å². The molecule has 0 atom stereocenters. The van der Waals surface area contributed by atoms with Crippen LogP contribution in [-0.4, -0.2) is 23.9 Å². The van der Waals surface area contributed by atoms with Crippen molar-refractivity contribution in [2.24, 2.45) is 0 Å². The summed E-state index contributed by atoms with van der Waals surface area (Å²) in [6.07, 6.45) is 4.36. The van der Waals surface area contributed by atoms with Crippen molar-refractivity contribution >= 4 is 21.8 Å². The van der Waals surface area contributed by atoms with Gasteiger partial charge >= 0.3 is 0 Å². The van der Waals surface area contributed by atoms with E-state index in [9.17, 15) is 4.79 Å². The summed E-state index contributed by atoms with van der Waals surface area (Å²) in [5, 5.41) is 0. The van der Waals surface area contributed by atoms with Gasteiger partial charge in [-0.25, -0.2) is 0 Å². The Morgan fingerprint density at radius 1 is 1.24 bits per heavy atom. The number of amides is 1. The zero-order valence-electron chi connectivity index (χ0n) is 9.79. The largest absolute Gasteiger partial charge is 0.342 e. The Balaban J connectivity index is 1.88. The number of hydrogen-bond acceptors (Lipinski definition) is 1. The molecule has 90 valence electrons. The van der Waals surface area contributed by atoms with Gasteiger partial charge in [-0.2, -0.15) is 0 Å². The van der Waals surface area contributed by atoms with Crippen molar-refractivity contribution in [3.63, 3.8) is 0 Å². The molecule has 1 heterocycles. The van der Waals surface area contributed by atoms with Gasteiger partial charge in [0.1, 0.15) is 0 Å². The number of carbonyl (C=O) groups is 1. The van der Waals surface area contributed by atoms with E-state index in [1.807, 2.05) is 17.0 Å². The Bertz CT molecular complexity index is 447. The monoisotopic (exact) mass is 293 g/mol. The summed E-state index contributed by atoms with van der Waals surface area (Å²) < 4.78 is 1.07. The van der Waals surface area contributed by atoms with E-state index in [-0.39, 0.29) is 5.41 Å². The standard InChI is InChI=1S/C14H16BrNO/c15-12-5-3-4-11(10-12)14(6-7-14)13(17)16-8-1-2-9-16/h3-5,10H,1-2,6-9H2. The second-order valence-corrected chi connectivity index (χ2v) is 6.01. The van der Waals surface area contributed by atoms with Crippen LogP contribution in [0.25, 0.3) is 0 Å². The third-order valence-corrected chi connectivity index (χ3v) is 4.42. The quantitative estimate of drug-likeness (QED) is 0.820. The molecule has 1 aromatic rings. The highest BCUT2D eigenvalue weighted by atomic mass is 79.9. The van der Waals surface area contributed by atoms with Gasteiger partial charge in [-0.1, -0.05) is 28.1 Å². The second kappa shape index (κ2) is 4.13. The Hall–Kier alpha value is -0.830. The van der Waals surface area contributed by atoms with Gasteiger partial charge in [-0.05, 0) is 43.4 Å². The number of benzene rings is 1. The van der Waals surface area contributed by atoms with Crippen LogP contribution in [0, 0.1) is 0 Å². The third-order valence-electron chi connectivity index (χ3n) is 3.93. The number of hydrogen-bond donors (Lipinski definition) is 0. The molecule has 1 aliphatic carbocycles. The summed E-state index contributed by atoms with van der Waals surface area (Å²) in [7, 11) is 0. The second-order valence-electron chi connectivity index (χ2n) is 5.09. The van der Waals surface area contributed by atoms with Crippen molar-refractivity contribution in [2.75, 3.05) is 13.1 Å². The van der Waals surface area contributed by atoms with Gasteiger partial charge in [0.05, 0.1) is 5.41 Å². The minimum Gasteiger partial charge on any atom is -0.342 e. The van der Waals surface area contributed by atoms with Crippen molar-refractivity contribution in [1.82, 2.24) is 4.90 Å². The molecule has 0 bridgehead atoms. The summed E-state index contributed by atoms with van der Waals surface area (Å²) in [5.74, 6) is 0.355. The topological polar surface area (TPSA) is 20.3 Å². The predicted molar refractivity (Wildman–Crippen MR) is 70.9 cm³/mol. The number of carbonyl (C=O) groups excluding carboxylic acids is 1. The highest BCUT2D eigenvalue weighted by Crippen LogP contribution is 2.50. The molecular formula is C14H16BrNO. The number of likely N-dealkylation sites (tertiary alicyclic amines) is 1. The van der Waals surface area contributed by atoms with Crippen LogP contribution in [0.2, 0.25) is 0 Å².